The van der Waals surface area contributed by atoms with E-state index in [1.54, 1.807) is 29.2 Å². The van der Waals surface area contributed by atoms with Gasteiger partial charge in [-0.25, -0.2) is 0 Å². The van der Waals surface area contributed by atoms with E-state index in [0.717, 1.165) is 12.0 Å². The zero-order valence-corrected chi connectivity index (χ0v) is 22.0. The van der Waals surface area contributed by atoms with Crippen LogP contribution in [0.4, 0.5) is 24.9 Å². The molecule has 0 N–H and O–H groups in total. The minimum Gasteiger partial charge on any atom is -0.484 e. The van der Waals surface area contributed by atoms with E-state index in [1.807, 2.05) is 4.90 Å². The van der Waals surface area contributed by atoms with Crippen LogP contribution >= 0.6 is 0 Å². The summed E-state index contributed by atoms with van der Waals surface area (Å²) < 4.78 is 60.3. The Morgan fingerprint density at radius 1 is 1.12 bits per heavy atom. The molecular formula is C27H32F3N5O5. The van der Waals surface area contributed by atoms with Crippen molar-refractivity contribution < 1.29 is 32.2 Å². The van der Waals surface area contributed by atoms with E-state index in [4.69, 9.17) is 14.2 Å². The van der Waals surface area contributed by atoms with Gasteiger partial charge in [0.1, 0.15) is 17.6 Å². The predicted octanol–water partition coefficient (Wildman–Crippen LogP) is 1.84. The standard InChI is InChI=1S/C27H32F3N5O5/c28-27(29,30)22-6-8-34-24(36)14-23(35-15-21-13-19(35)16-39-21)31-26(34)33(22)7-5-18-1-3-20(4-2-18)40-17-25(37)32-9-11-38-12-10-32/h1-4,14,19,21-22H,5-13,15-17H2/t19-,21-,22-/m0/s1. The van der Waals surface area contributed by atoms with Crippen molar-refractivity contribution in [3.8, 4) is 5.75 Å². The number of ether oxygens (including phenoxy) is 3. The molecule has 40 heavy (non-hydrogen) atoms. The Labute approximate surface area is 229 Å². The molecule has 3 fully saturated rings. The summed E-state index contributed by atoms with van der Waals surface area (Å²) in [4.78, 5) is 34.8. The van der Waals surface area contributed by atoms with Crippen LogP contribution in [0.25, 0.3) is 0 Å². The third kappa shape index (κ3) is 5.49. The van der Waals surface area contributed by atoms with Crippen LogP contribution < -0.4 is 20.1 Å². The zero-order chi connectivity index (χ0) is 27.9. The fourth-order valence-electron chi connectivity index (χ4n) is 5.93. The molecule has 4 aliphatic heterocycles. The van der Waals surface area contributed by atoms with Gasteiger partial charge < -0.3 is 28.9 Å². The SMILES string of the molecule is O=C(COc1ccc(CCN2c3nc(N4C[C@@H]5C[C@H]4CO5)cc(=O)n3CC[C@H]2C(F)(F)F)cc1)N1CCOCC1. The highest BCUT2D eigenvalue weighted by atomic mass is 19.4. The quantitative estimate of drug-likeness (QED) is 0.505. The number of alkyl halides is 3. The molecule has 3 saturated heterocycles. The lowest BCUT2D eigenvalue weighted by atomic mass is 10.1. The Kier molecular flexibility index (Phi) is 7.34. The fraction of sp³-hybridized carbons (Fsp3) is 0.593. The van der Waals surface area contributed by atoms with Gasteiger partial charge in [-0.05, 0) is 37.0 Å². The number of rotatable bonds is 7. The molecule has 1 aromatic heterocycles. The van der Waals surface area contributed by atoms with Gasteiger partial charge in [-0.2, -0.15) is 18.2 Å². The van der Waals surface area contributed by atoms with Crippen LogP contribution in [0.1, 0.15) is 18.4 Å². The number of aromatic nitrogens is 2. The summed E-state index contributed by atoms with van der Waals surface area (Å²) in [6.07, 6.45) is -3.49. The van der Waals surface area contributed by atoms with Crippen LogP contribution in [-0.4, -0.2) is 97.3 Å². The number of carbonyl (C=O) groups is 1. The van der Waals surface area contributed by atoms with Crippen molar-refractivity contribution in [3.05, 3.63) is 46.2 Å². The van der Waals surface area contributed by atoms with E-state index in [0.29, 0.717) is 57.4 Å². The number of fused-ring (bicyclic) bond motifs is 3. The number of hydrogen-bond acceptors (Lipinski definition) is 8. The van der Waals surface area contributed by atoms with Gasteiger partial charge in [-0.15, -0.1) is 0 Å². The number of benzene rings is 1. The number of nitrogens with zero attached hydrogens (tertiary/aromatic N) is 5. The minimum absolute atomic E-state index is 0.0327. The van der Waals surface area contributed by atoms with E-state index in [-0.39, 0.29) is 55.7 Å². The molecule has 1 aromatic carbocycles. The van der Waals surface area contributed by atoms with Gasteiger partial charge in [-0.1, -0.05) is 12.1 Å². The monoisotopic (exact) mass is 563 g/mol. The maximum Gasteiger partial charge on any atom is 0.408 e. The molecule has 1 amide bonds. The van der Waals surface area contributed by atoms with Gasteiger partial charge >= 0.3 is 6.18 Å². The first-order valence-corrected chi connectivity index (χ1v) is 13.7. The average Bonchev–Trinajstić information content (AvgIpc) is 3.59. The third-order valence-corrected chi connectivity index (χ3v) is 8.10. The average molecular weight is 564 g/mol. The lowest BCUT2D eigenvalue weighted by Crippen LogP contribution is -2.53. The second-order valence-corrected chi connectivity index (χ2v) is 10.6. The highest BCUT2D eigenvalue weighted by Gasteiger charge is 2.47. The highest BCUT2D eigenvalue weighted by Crippen LogP contribution is 2.36. The molecule has 3 atom stereocenters. The Bertz CT molecular complexity index is 1280. The molecule has 5 heterocycles. The van der Waals surface area contributed by atoms with E-state index < -0.39 is 12.2 Å². The summed E-state index contributed by atoms with van der Waals surface area (Å²) in [5.74, 6) is 0.851. The number of anilines is 2. The minimum atomic E-state index is -4.47. The lowest BCUT2D eigenvalue weighted by molar-refractivity contribution is -0.152. The molecule has 0 unspecified atom stereocenters. The van der Waals surface area contributed by atoms with Crippen molar-refractivity contribution in [2.24, 2.45) is 0 Å². The number of carbonyl (C=O) groups excluding carboxylic acids is 1. The molecule has 0 aliphatic carbocycles. The topological polar surface area (TPSA) is 89.4 Å². The molecule has 4 aliphatic rings. The number of hydrogen-bond donors (Lipinski definition) is 0. The Morgan fingerprint density at radius 3 is 2.58 bits per heavy atom. The van der Waals surface area contributed by atoms with Crippen molar-refractivity contribution in [2.75, 3.05) is 62.4 Å². The largest absolute Gasteiger partial charge is 0.484 e. The predicted molar refractivity (Wildman–Crippen MR) is 139 cm³/mol. The number of morpholine rings is 2. The molecule has 2 bridgehead atoms. The van der Waals surface area contributed by atoms with Crippen molar-refractivity contribution in [1.29, 1.82) is 0 Å². The first kappa shape index (κ1) is 26.9. The Morgan fingerprint density at radius 2 is 1.90 bits per heavy atom. The van der Waals surface area contributed by atoms with Gasteiger partial charge in [0, 0.05) is 38.8 Å². The van der Waals surface area contributed by atoms with Gasteiger partial charge in [0.2, 0.25) is 5.95 Å². The summed E-state index contributed by atoms with van der Waals surface area (Å²) in [6.45, 7) is 3.11. The first-order chi connectivity index (χ1) is 19.3. The molecule has 216 valence electrons. The van der Waals surface area contributed by atoms with E-state index in [2.05, 4.69) is 4.98 Å². The van der Waals surface area contributed by atoms with Crippen molar-refractivity contribution >= 4 is 17.7 Å². The molecular weight excluding hydrogens is 531 g/mol. The summed E-state index contributed by atoms with van der Waals surface area (Å²) in [5.41, 5.74) is 0.458. The smallest absolute Gasteiger partial charge is 0.408 e. The summed E-state index contributed by atoms with van der Waals surface area (Å²) in [6, 6.07) is 6.75. The molecule has 13 heteroatoms. The molecule has 0 saturated carbocycles. The maximum atomic E-state index is 14.1. The third-order valence-electron chi connectivity index (χ3n) is 8.10. The second-order valence-electron chi connectivity index (χ2n) is 10.6. The van der Waals surface area contributed by atoms with Gasteiger partial charge in [-0.3, -0.25) is 14.2 Å². The molecule has 2 aromatic rings. The first-order valence-electron chi connectivity index (χ1n) is 13.7. The van der Waals surface area contributed by atoms with Gasteiger partial charge in [0.05, 0.1) is 32.0 Å². The second kappa shape index (κ2) is 10.9. The molecule has 0 radical (unpaired) electrons. The van der Waals surface area contributed by atoms with E-state index >= 15 is 0 Å². The van der Waals surface area contributed by atoms with Crippen molar-refractivity contribution in [3.63, 3.8) is 0 Å². The van der Waals surface area contributed by atoms with E-state index in [1.165, 1.54) is 15.5 Å². The Hall–Kier alpha value is -3.32. The summed E-state index contributed by atoms with van der Waals surface area (Å²) in [7, 11) is 0. The van der Waals surface area contributed by atoms with E-state index in [9.17, 15) is 22.8 Å². The molecule has 0 spiro atoms. The lowest BCUT2D eigenvalue weighted by Gasteiger charge is -2.39. The van der Waals surface area contributed by atoms with Crippen LogP contribution in [0.15, 0.2) is 35.1 Å². The Balaban J connectivity index is 1.16. The zero-order valence-electron chi connectivity index (χ0n) is 22.0. The molecule has 6 rings (SSSR count). The molecule has 10 nitrogen and oxygen atoms in total. The normalized spacial score (nSPS) is 24.4. The maximum absolute atomic E-state index is 14.1. The van der Waals surface area contributed by atoms with Crippen LogP contribution in [0.2, 0.25) is 0 Å². The number of amides is 1. The van der Waals surface area contributed by atoms with Crippen molar-refractivity contribution in [2.45, 2.75) is 50.2 Å². The fourth-order valence-corrected chi connectivity index (χ4v) is 5.93. The van der Waals surface area contributed by atoms with Crippen LogP contribution in [0, 0.1) is 0 Å². The van der Waals surface area contributed by atoms with Crippen molar-refractivity contribution in [1.82, 2.24) is 14.5 Å². The van der Waals surface area contributed by atoms with Gasteiger partial charge in [0.15, 0.2) is 6.61 Å². The van der Waals surface area contributed by atoms with Crippen LogP contribution in [0.5, 0.6) is 5.75 Å². The van der Waals surface area contributed by atoms with Crippen LogP contribution in [0.3, 0.4) is 0 Å². The van der Waals surface area contributed by atoms with Gasteiger partial charge in [0.25, 0.3) is 11.5 Å². The number of halogens is 3. The summed E-state index contributed by atoms with van der Waals surface area (Å²) >= 11 is 0. The highest BCUT2D eigenvalue weighted by molar-refractivity contribution is 5.77. The summed E-state index contributed by atoms with van der Waals surface area (Å²) in [5, 5.41) is 0. The van der Waals surface area contributed by atoms with Crippen LogP contribution in [-0.2, 0) is 27.2 Å².